The van der Waals surface area contributed by atoms with E-state index < -0.39 is 0 Å². The number of para-hydroxylation sites is 1. The Morgan fingerprint density at radius 3 is 2.58 bits per heavy atom. The molecule has 3 aromatic rings. The first-order chi connectivity index (χ1) is 11.7. The Bertz CT molecular complexity index is 811. The first-order valence-corrected chi connectivity index (χ1v) is 7.71. The smallest absolute Gasteiger partial charge is 0.255 e. The van der Waals surface area contributed by atoms with Gasteiger partial charge in [-0.1, -0.05) is 24.3 Å². The Balaban J connectivity index is 1.72. The summed E-state index contributed by atoms with van der Waals surface area (Å²) < 4.78 is 7.17. The van der Waals surface area contributed by atoms with E-state index in [0.29, 0.717) is 11.3 Å². The minimum Gasteiger partial charge on any atom is -0.496 e. The first-order valence-electron chi connectivity index (χ1n) is 7.71. The fourth-order valence-electron chi connectivity index (χ4n) is 2.54. The zero-order valence-corrected chi connectivity index (χ0v) is 13.6. The van der Waals surface area contributed by atoms with Crippen LogP contribution in [0.5, 0.6) is 5.75 Å². The monoisotopic (exact) mass is 321 g/mol. The number of amides is 1. The van der Waals surface area contributed by atoms with E-state index in [2.05, 4.69) is 10.3 Å². The molecule has 122 valence electrons. The van der Waals surface area contributed by atoms with Crippen molar-refractivity contribution in [1.82, 2.24) is 14.9 Å². The van der Waals surface area contributed by atoms with E-state index in [0.717, 1.165) is 11.3 Å². The van der Waals surface area contributed by atoms with E-state index in [1.807, 2.05) is 54.1 Å². The van der Waals surface area contributed by atoms with Gasteiger partial charge in [-0.15, -0.1) is 0 Å². The van der Waals surface area contributed by atoms with Crippen LogP contribution in [0, 0.1) is 0 Å². The van der Waals surface area contributed by atoms with Crippen molar-refractivity contribution in [3.8, 4) is 11.4 Å². The van der Waals surface area contributed by atoms with Crippen LogP contribution in [0.2, 0.25) is 0 Å². The quantitative estimate of drug-likeness (QED) is 0.784. The van der Waals surface area contributed by atoms with E-state index in [-0.39, 0.29) is 11.9 Å². The topological polar surface area (TPSA) is 56.1 Å². The molecule has 24 heavy (non-hydrogen) atoms. The molecule has 3 rings (SSSR count). The maximum absolute atomic E-state index is 12.5. The van der Waals surface area contributed by atoms with Crippen molar-refractivity contribution in [3.05, 3.63) is 78.4 Å². The molecule has 0 radical (unpaired) electrons. The zero-order chi connectivity index (χ0) is 16.9. The standard InChI is InChI=1S/C19H19N3O2/c1-14(21-19(23)17-5-3-4-6-18(17)24-2)15-7-9-16(10-8-15)22-12-11-20-13-22/h3-14H,1-2H3,(H,21,23)/t14-/m0/s1. The summed E-state index contributed by atoms with van der Waals surface area (Å²) in [6.45, 7) is 1.96. The van der Waals surface area contributed by atoms with Gasteiger partial charge in [0.1, 0.15) is 5.75 Å². The summed E-state index contributed by atoms with van der Waals surface area (Å²) in [5.74, 6) is 0.413. The third kappa shape index (κ3) is 3.30. The van der Waals surface area contributed by atoms with E-state index >= 15 is 0 Å². The lowest BCUT2D eigenvalue weighted by molar-refractivity contribution is 0.0937. The SMILES string of the molecule is COc1ccccc1C(=O)N[C@@H](C)c1ccc(-n2ccnc2)cc1. The first kappa shape index (κ1) is 15.8. The summed E-state index contributed by atoms with van der Waals surface area (Å²) in [4.78, 5) is 16.5. The lowest BCUT2D eigenvalue weighted by Crippen LogP contribution is -2.27. The van der Waals surface area contributed by atoms with Gasteiger partial charge in [0.15, 0.2) is 0 Å². The number of ether oxygens (including phenoxy) is 1. The molecule has 0 spiro atoms. The molecule has 1 amide bonds. The van der Waals surface area contributed by atoms with Crippen LogP contribution in [0.3, 0.4) is 0 Å². The number of carbonyl (C=O) groups is 1. The highest BCUT2D eigenvalue weighted by atomic mass is 16.5. The second kappa shape index (κ2) is 7.00. The number of imidazole rings is 1. The van der Waals surface area contributed by atoms with Crippen molar-refractivity contribution in [2.24, 2.45) is 0 Å². The maximum Gasteiger partial charge on any atom is 0.255 e. The van der Waals surface area contributed by atoms with Crippen LogP contribution >= 0.6 is 0 Å². The van der Waals surface area contributed by atoms with E-state index in [1.54, 1.807) is 31.8 Å². The summed E-state index contributed by atoms with van der Waals surface area (Å²) in [5, 5.41) is 3.00. The molecule has 0 bridgehead atoms. The molecule has 0 aliphatic carbocycles. The molecule has 0 fully saturated rings. The fraction of sp³-hybridized carbons (Fsp3) is 0.158. The van der Waals surface area contributed by atoms with Gasteiger partial charge in [-0.2, -0.15) is 0 Å². The predicted molar refractivity (Wildman–Crippen MR) is 92.4 cm³/mol. The van der Waals surface area contributed by atoms with E-state index in [4.69, 9.17) is 4.74 Å². The third-order valence-electron chi connectivity index (χ3n) is 3.89. The number of methoxy groups -OCH3 is 1. The highest BCUT2D eigenvalue weighted by Gasteiger charge is 2.15. The Kier molecular flexibility index (Phi) is 4.61. The normalized spacial score (nSPS) is 11.8. The molecule has 0 saturated heterocycles. The zero-order valence-electron chi connectivity index (χ0n) is 13.6. The molecule has 2 aromatic carbocycles. The van der Waals surface area contributed by atoms with Gasteiger partial charge < -0.3 is 14.6 Å². The number of hydrogen-bond acceptors (Lipinski definition) is 3. The van der Waals surface area contributed by atoms with E-state index in [1.165, 1.54) is 0 Å². The van der Waals surface area contributed by atoms with Crippen molar-refractivity contribution >= 4 is 5.91 Å². The molecule has 1 heterocycles. The fourth-order valence-corrected chi connectivity index (χ4v) is 2.54. The largest absolute Gasteiger partial charge is 0.496 e. The number of aromatic nitrogens is 2. The lowest BCUT2D eigenvalue weighted by Gasteiger charge is -2.16. The lowest BCUT2D eigenvalue weighted by atomic mass is 10.1. The van der Waals surface area contributed by atoms with Gasteiger partial charge in [0.25, 0.3) is 5.91 Å². The van der Waals surface area contributed by atoms with Gasteiger partial charge in [0, 0.05) is 18.1 Å². The number of benzene rings is 2. The highest BCUT2D eigenvalue weighted by molar-refractivity contribution is 5.97. The van der Waals surface area contributed by atoms with Gasteiger partial charge in [0.05, 0.1) is 25.0 Å². The molecular weight excluding hydrogens is 302 g/mol. The maximum atomic E-state index is 12.5. The van der Waals surface area contributed by atoms with Crippen LogP contribution < -0.4 is 10.1 Å². The highest BCUT2D eigenvalue weighted by Crippen LogP contribution is 2.20. The molecule has 5 nitrogen and oxygen atoms in total. The Hall–Kier alpha value is -3.08. The number of nitrogens with one attached hydrogen (secondary N) is 1. The predicted octanol–water partition coefficient (Wildman–Crippen LogP) is 3.37. The summed E-state index contributed by atoms with van der Waals surface area (Å²) in [6.07, 6.45) is 5.38. The van der Waals surface area contributed by atoms with Gasteiger partial charge in [-0.25, -0.2) is 4.98 Å². The molecule has 0 unspecified atom stereocenters. The Morgan fingerprint density at radius 1 is 1.17 bits per heavy atom. The van der Waals surface area contributed by atoms with Crippen LogP contribution in [0.4, 0.5) is 0 Å². The molecule has 1 atom stereocenters. The Labute approximate surface area is 140 Å². The minimum atomic E-state index is -0.154. The molecular formula is C19H19N3O2. The van der Waals surface area contributed by atoms with Crippen LogP contribution in [0.1, 0.15) is 28.9 Å². The summed E-state index contributed by atoms with van der Waals surface area (Å²) >= 11 is 0. The molecule has 0 aliphatic rings. The average Bonchev–Trinajstić information content (AvgIpc) is 3.16. The number of rotatable bonds is 5. The van der Waals surface area contributed by atoms with Gasteiger partial charge in [-0.3, -0.25) is 4.79 Å². The molecule has 1 aromatic heterocycles. The number of nitrogens with zero attached hydrogens (tertiary/aromatic N) is 2. The third-order valence-corrected chi connectivity index (χ3v) is 3.89. The van der Waals surface area contributed by atoms with Crippen LogP contribution in [0.15, 0.2) is 67.3 Å². The number of carbonyl (C=O) groups excluding carboxylic acids is 1. The average molecular weight is 321 g/mol. The second-order valence-electron chi connectivity index (χ2n) is 5.46. The summed E-state index contributed by atoms with van der Waals surface area (Å²) in [7, 11) is 1.56. The van der Waals surface area contributed by atoms with Crippen molar-refractivity contribution in [2.45, 2.75) is 13.0 Å². The van der Waals surface area contributed by atoms with Crippen molar-refractivity contribution in [2.75, 3.05) is 7.11 Å². The summed E-state index contributed by atoms with van der Waals surface area (Å²) in [5.41, 5.74) is 2.59. The summed E-state index contributed by atoms with van der Waals surface area (Å²) in [6, 6.07) is 15.1. The van der Waals surface area contributed by atoms with Crippen molar-refractivity contribution in [3.63, 3.8) is 0 Å². The molecule has 0 saturated carbocycles. The molecule has 5 heteroatoms. The molecule has 1 N–H and O–H groups in total. The van der Waals surface area contributed by atoms with Crippen LogP contribution in [-0.4, -0.2) is 22.6 Å². The van der Waals surface area contributed by atoms with E-state index in [9.17, 15) is 4.79 Å². The minimum absolute atomic E-state index is 0.112. The van der Waals surface area contributed by atoms with Gasteiger partial charge in [0.2, 0.25) is 0 Å². The van der Waals surface area contributed by atoms with Gasteiger partial charge in [-0.05, 0) is 36.8 Å². The Morgan fingerprint density at radius 2 is 1.92 bits per heavy atom. The van der Waals surface area contributed by atoms with Crippen molar-refractivity contribution in [1.29, 1.82) is 0 Å². The van der Waals surface area contributed by atoms with Crippen molar-refractivity contribution < 1.29 is 9.53 Å². The number of hydrogen-bond donors (Lipinski definition) is 1. The van der Waals surface area contributed by atoms with Gasteiger partial charge >= 0.3 is 0 Å². The van der Waals surface area contributed by atoms with Crippen LogP contribution in [0.25, 0.3) is 5.69 Å². The van der Waals surface area contributed by atoms with Crippen LogP contribution in [-0.2, 0) is 0 Å². The molecule has 0 aliphatic heterocycles. The second-order valence-corrected chi connectivity index (χ2v) is 5.46.